The lowest BCUT2D eigenvalue weighted by atomic mass is 9.86. The predicted octanol–water partition coefficient (Wildman–Crippen LogP) is 2.90. The maximum absolute atomic E-state index is 12.8. The molecular weight excluding hydrogens is 318 g/mol. The third-order valence-electron chi connectivity index (χ3n) is 4.67. The van der Waals surface area contributed by atoms with E-state index in [-0.39, 0.29) is 29.4 Å². The number of para-hydroxylation sites is 2. The average molecular weight is 339 g/mol. The molecule has 3 rings (SSSR count). The third kappa shape index (κ3) is 3.41. The molecule has 1 aromatic carbocycles. The summed E-state index contributed by atoms with van der Waals surface area (Å²) in [5.41, 5.74) is 1.21. The molecule has 1 atom stereocenters. The van der Waals surface area contributed by atoms with Gasteiger partial charge in [-0.3, -0.25) is 9.59 Å². The van der Waals surface area contributed by atoms with E-state index in [1.165, 1.54) is 0 Å². The zero-order valence-corrected chi connectivity index (χ0v) is 14.4. The number of hydrogen-bond acceptors (Lipinski definition) is 5. The van der Waals surface area contributed by atoms with Gasteiger partial charge in [0, 0.05) is 24.9 Å². The molecule has 25 heavy (non-hydrogen) atoms. The van der Waals surface area contributed by atoms with E-state index in [1.807, 2.05) is 32.0 Å². The highest BCUT2D eigenvalue weighted by molar-refractivity contribution is 5.90. The fourth-order valence-electron chi connectivity index (χ4n) is 3.24. The number of Topliss-reactive ketones (excluding diaryl/α,β-unsaturated/α-hetero) is 1. The molecule has 1 amide bonds. The van der Waals surface area contributed by atoms with Crippen LogP contribution in [-0.2, 0) is 9.59 Å². The van der Waals surface area contributed by atoms with E-state index < -0.39 is 5.92 Å². The summed E-state index contributed by atoms with van der Waals surface area (Å²) in [6, 6.07) is 9.25. The van der Waals surface area contributed by atoms with Gasteiger partial charge in [-0.25, -0.2) is 4.98 Å². The highest BCUT2D eigenvalue weighted by atomic mass is 16.3. The summed E-state index contributed by atoms with van der Waals surface area (Å²) in [5.74, 6) is -1.17. The molecule has 2 heterocycles. The molecule has 0 bridgehead atoms. The maximum Gasteiger partial charge on any atom is 0.225 e. The highest BCUT2D eigenvalue weighted by Crippen LogP contribution is 2.28. The Morgan fingerprint density at radius 1 is 1.28 bits per heavy atom. The number of aromatic nitrogens is 1. The molecule has 130 valence electrons. The lowest BCUT2D eigenvalue weighted by Gasteiger charge is -2.32. The molecule has 6 heteroatoms. The largest absolute Gasteiger partial charge is 0.439 e. The van der Waals surface area contributed by atoms with Gasteiger partial charge in [-0.15, -0.1) is 0 Å². The summed E-state index contributed by atoms with van der Waals surface area (Å²) >= 11 is 0. The standard InChI is InChI=1S/C19H21N3O3/c1-12(2)19(24)22-9-7-13(8-10-22)17(23)14(11-20)18-21-15-5-3-4-6-16(15)25-18/h3-6,12-14H,7-10H2,1-2H3. The van der Waals surface area contributed by atoms with Crippen LogP contribution in [0.3, 0.4) is 0 Å². The van der Waals surface area contributed by atoms with Gasteiger partial charge >= 0.3 is 0 Å². The van der Waals surface area contributed by atoms with Gasteiger partial charge in [0.25, 0.3) is 0 Å². The third-order valence-corrected chi connectivity index (χ3v) is 4.67. The molecule has 1 aliphatic rings. The molecule has 6 nitrogen and oxygen atoms in total. The number of rotatable bonds is 4. The van der Waals surface area contributed by atoms with Crippen molar-refractivity contribution in [2.75, 3.05) is 13.1 Å². The van der Waals surface area contributed by atoms with Crippen molar-refractivity contribution >= 4 is 22.8 Å². The van der Waals surface area contributed by atoms with Crippen LogP contribution in [0.15, 0.2) is 28.7 Å². The van der Waals surface area contributed by atoms with Crippen molar-refractivity contribution in [3.05, 3.63) is 30.2 Å². The van der Waals surface area contributed by atoms with Crippen molar-refractivity contribution in [1.29, 1.82) is 5.26 Å². The molecule has 0 spiro atoms. The number of piperidine rings is 1. The number of nitriles is 1. The first-order chi connectivity index (χ1) is 12.0. The van der Waals surface area contributed by atoms with Crippen LogP contribution in [0.4, 0.5) is 0 Å². The molecule has 1 aliphatic heterocycles. The fourth-order valence-corrected chi connectivity index (χ4v) is 3.24. The van der Waals surface area contributed by atoms with E-state index in [0.717, 1.165) is 0 Å². The number of fused-ring (bicyclic) bond motifs is 1. The zero-order valence-electron chi connectivity index (χ0n) is 14.4. The van der Waals surface area contributed by atoms with Crippen molar-refractivity contribution in [3.63, 3.8) is 0 Å². The van der Waals surface area contributed by atoms with E-state index in [4.69, 9.17) is 4.42 Å². The van der Waals surface area contributed by atoms with Crippen molar-refractivity contribution in [2.24, 2.45) is 11.8 Å². The first-order valence-electron chi connectivity index (χ1n) is 8.59. The summed E-state index contributed by atoms with van der Waals surface area (Å²) in [5, 5.41) is 9.48. The lowest BCUT2D eigenvalue weighted by Crippen LogP contribution is -2.42. The monoisotopic (exact) mass is 339 g/mol. The Balaban J connectivity index is 1.71. The molecule has 0 N–H and O–H groups in total. The van der Waals surface area contributed by atoms with Gasteiger partial charge in [0.15, 0.2) is 17.3 Å². The number of ketones is 1. The zero-order chi connectivity index (χ0) is 18.0. The summed E-state index contributed by atoms with van der Waals surface area (Å²) in [4.78, 5) is 30.9. The second-order valence-corrected chi connectivity index (χ2v) is 6.74. The number of amides is 1. The van der Waals surface area contributed by atoms with Crippen LogP contribution in [0.5, 0.6) is 0 Å². The minimum Gasteiger partial charge on any atom is -0.439 e. The van der Waals surface area contributed by atoms with E-state index in [2.05, 4.69) is 4.98 Å². The number of likely N-dealkylation sites (tertiary alicyclic amines) is 1. The van der Waals surface area contributed by atoms with Crippen LogP contribution < -0.4 is 0 Å². The molecule has 0 aliphatic carbocycles. The predicted molar refractivity (Wildman–Crippen MR) is 91.5 cm³/mol. The Kier molecular flexibility index (Phi) is 4.84. The Labute approximate surface area is 146 Å². The second-order valence-electron chi connectivity index (χ2n) is 6.74. The normalized spacial score (nSPS) is 16.8. The molecule has 1 fully saturated rings. The highest BCUT2D eigenvalue weighted by Gasteiger charge is 2.35. The van der Waals surface area contributed by atoms with Crippen LogP contribution in [0.1, 0.15) is 38.5 Å². The maximum atomic E-state index is 12.8. The molecule has 0 radical (unpaired) electrons. The summed E-state index contributed by atoms with van der Waals surface area (Å²) in [6.07, 6.45) is 1.16. The SMILES string of the molecule is CC(C)C(=O)N1CCC(C(=O)C(C#N)c2nc3ccccc3o2)CC1. The van der Waals surface area contributed by atoms with E-state index in [0.29, 0.717) is 37.0 Å². The number of benzene rings is 1. The average Bonchev–Trinajstić information content (AvgIpc) is 3.05. The van der Waals surface area contributed by atoms with Gasteiger partial charge in [-0.1, -0.05) is 26.0 Å². The Bertz CT molecular complexity index is 793. The first-order valence-corrected chi connectivity index (χ1v) is 8.59. The Morgan fingerprint density at radius 2 is 1.96 bits per heavy atom. The molecule has 1 unspecified atom stereocenters. The van der Waals surface area contributed by atoms with Gasteiger partial charge < -0.3 is 9.32 Å². The van der Waals surface area contributed by atoms with Crippen molar-refractivity contribution in [3.8, 4) is 6.07 Å². The number of carbonyl (C=O) groups is 2. The lowest BCUT2D eigenvalue weighted by molar-refractivity contribution is -0.137. The van der Waals surface area contributed by atoms with E-state index >= 15 is 0 Å². The second kappa shape index (κ2) is 7.06. The molecule has 1 aromatic heterocycles. The minimum absolute atomic E-state index is 0.0427. The van der Waals surface area contributed by atoms with Crippen LogP contribution in [0.25, 0.3) is 11.1 Å². The summed E-state index contributed by atoms with van der Waals surface area (Å²) < 4.78 is 5.60. The molecule has 2 aromatic rings. The number of oxazole rings is 1. The fraction of sp³-hybridized carbons (Fsp3) is 0.474. The van der Waals surface area contributed by atoms with Gasteiger partial charge in [0.05, 0.1) is 6.07 Å². The van der Waals surface area contributed by atoms with Crippen LogP contribution in [0.2, 0.25) is 0 Å². The Hall–Kier alpha value is -2.68. The molecular formula is C19H21N3O3. The quantitative estimate of drug-likeness (QED) is 0.855. The number of carbonyl (C=O) groups excluding carboxylic acids is 2. The van der Waals surface area contributed by atoms with Crippen molar-refractivity contribution in [1.82, 2.24) is 9.88 Å². The van der Waals surface area contributed by atoms with Gasteiger partial charge in [-0.05, 0) is 25.0 Å². The summed E-state index contributed by atoms with van der Waals surface area (Å²) in [7, 11) is 0. The number of nitrogens with zero attached hydrogens (tertiary/aromatic N) is 3. The Morgan fingerprint density at radius 3 is 2.56 bits per heavy atom. The molecule has 0 saturated carbocycles. The van der Waals surface area contributed by atoms with Crippen molar-refractivity contribution < 1.29 is 14.0 Å². The topological polar surface area (TPSA) is 87.2 Å². The van der Waals surface area contributed by atoms with Crippen LogP contribution in [0, 0.1) is 23.2 Å². The first kappa shape index (κ1) is 17.2. The van der Waals surface area contributed by atoms with Crippen molar-refractivity contribution in [2.45, 2.75) is 32.6 Å². The van der Waals surface area contributed by atoms with Gasteiger partial charge in [0.1, 0.15) is 5.52 Å². The van der Waals surface area contributed by atoms with Gasteiger partial charge in [0.2, 0.25) is 11.8 Å². The minimum atomic E-state index is -0.996. The van der Waals surface area contributed by atoms with Gasteiger partial charge in [-0.2, -0.15) is 5.26 Å². The molecule has 1 saturated heterocycles. The summed E-state index contributed by atoms with van der Waals surface area (Å²) in [6.45, 7) is 4.86. The number of hydrogen-bond donors (Lipinski definition) is 0. The van der Waals surface area contributed by atoms with E-state index in [9.17, 15) is 14.9 Å². The smallest absolute Gasteiger partial charge is 0.225 e. The van der Waals surface area contributed by atoms with E-state index in [1.54, 1.807) is 17.0 Å². The van der Waals surface area contributed by atoms with Crippen LogP contribution >= 0.6 is 0 Å². The van der Waals surface area contributed by atoms with Crippen LogP contribution in [-0.4, -0.2) is 34.7 Å².